The molecule has 0 amide bonds. The maximum Gasteiger partial charge on any atom is 0.331 e. The van der Waals surface area contributed by atoms with E-state index < -0.39 is 5.97 Å². The van der Waals surface area contributed by atoms with Gasteiger partial charge < -0.3 is 25.7 Å². The monoisotopic (exact) mass is 450 g/mol. The Labute approximate surface area is 194 Å². The molecule has 33 heavy (non-hydrogen) atoms. The minimum Gasteiger partial charge on any atom is -0.458 e. The van der Waals surface area contributed by atoms with Crippen molar-refractivity contribution in [3.05, 3.63) is 72.3 Å². The molecule has 1 aliphatic carbocycles. The number of nitrogen functional groups attached to an aromatic ring is 2. The Morgan fingerprint density at radius 2 is 1.76 bits per heavy atom. The highest BCUT2D eigenvalue weighted by Crippen LogP contribution is 2.28. The highest BCUT2D eigenvalue weighted by Gasteiger charge is 2.28. The molecule has 2 aromatic rings. The molecular weight excluding hydrogens is 420 g/mol. The lowest BCUT2D eigenvalue weighted by Crippen LogP contribution is -2.28. The Morgan fingerprint density at radius 1 is 1.03 bits per heavy atom. The van der Waals surface area contributed by atoms with E-state index in [-0.39, 0.29) is 24.6 Å². The first kappa shape index (κ1) is 24.1. The second-order valence-electron chi connectivity index (χ2n) is 7.99. The zero-order valence-electron chi connectivity index (χ0n) is 18.6. The van der Waals surface area contributed by atoms with Gasteiger partial charge in [-0.2, -0.15) is 0 Å². The molecule has 7 nitrogen and oxygen atoms in total. The van der Waals surface area contributed by atoms with Gasteiger partial charge in [0.25, 0.3) is 0 Å². The lowest BCUT2D eigenvalue weighted by molar-refractivity contribution is -0.141. The topological polar surface area (TPSA) is 114 Å². The van der Waals surface area contributed by atoms with Crippen LogP contribution >= 0.6 is 0 Å². The van der Waals surface area contributed by atoms with Crippen LogP contribution in [-0.4, -0.2) is 24.6 Å². The smallest absolute Gasteiger partial charge is 0.331 e. The standard InChI is InChI=1S/C26H30N2O5/c1-2-15-31-22-11-6-19(7-12-22)26(30)33-23-9-3-18(4-10-23)5-14-25(29)32-17-20-16-21(27)8-13-24(20)28/h2-5,8-10,13-14,16,19,22H,1,6-7,11-12,15,17,27-28H2/b14-5+. The molecule has 1 aliphatic rings. The Hall–Kier alpha value is -3.58. The lowest BCUT2D eigenvalue weighted by Gasteiger charge is -2.26. The predicted molar refractivity (Wildman–Crippen MR) is 128 cm³/mol. The number of nitrogens with two attached hydrogens (primary N) is 2. The van der Waals surface area contributed by atoms with Gasteiger partial charge in [-0.25, -0.2) is 4.79 Å². The molecular formula is C26H30N2O5. The van der Waals surface area contributed by atoms with Crippen molar-refractivity contribution in [3.63, 3.8) is 0 Å². The fraction of sp³-hybridized carbons (Fsp3) is 0.308. The van der Waals surface area contributed by atoms with Crippen LogP contribution < -0.4 is 16.2 Å². The van der Waals surface area contributed by atoms with Crippen molar-refractivity contribution in [2.24, 2.45) is 5.92 Å². The van der Waals surface area contributed by atoms with Crippen molar-refractivity contribution in [2.45, 2.75) is 38.4 Å². The molecule has 0 radical (unpaired) electrons. The number of ether oxygens (including phenoxy) is 3. The van der Waals surface area contributed by atoms with Gasteiger partial charge in [0.15, 0.2) is 0 Å². The van der Waals surface area contributed by atoms with Crippen LogP contribution in [0.3, 0.4) is 0 Å². The summed E-state index contributed by atoms with van der Waals surface area (Å²) in [5, 5.41) is 0. The minimum absolute atomic E-state index is 0.0389. The van der Waals surface area contributed by atoms with E-state index in [2.05, 4.69) is 6.58 Å². The van der Waals surface area contributed by atoms with Gasteiger partial charge >= 0.3 is 11.9 Å². The number of carbonyl (C=O) groups is 2. The Kier molecular flexibility index (Phi) is 8.66. The van der Waals surface area contributed by atoms with Crippen LogP contribution in [0.1, 0.15) is 36.8 Å². The van der Waals surface area contributed by atoms with Crippen molar-refractivity contribution in [1.29, 1.82) is 0 Å². The highest BCUT2D eigenvalue weighted by molar-refractivity contribution is 5.87. The van der Waals surface area contributed by atoms with Crippen molar-refractivity contribution >= 4 is 29.4 Å². The van der Waals surface area contributed by atoms with E-state index in [1.807, 2.05) is 0 Å². The normalized spacial score (nSPS) is 18.1. The zero-order chi connectivity index (χ0) is 23.6. The molecule has 7 heteroatoms. The fourth-order valence-electron chi connectivity index (χ4n) is 3.63. The molecule has 0 aliphatic heterocycles. The number of carbonyl (C=O) groups excluding carboxylic acids is 2. The zero-order valence-corrected chi connectivity index (χ0v) is 18.6. The van der Waals surface area contributed by atoms with Crippen molar-refractivity contribution in [2.75, 3.05) is 18.1 Å². The summed E-state index contributed by atoms with van der Waals surface area (Å²) in [4.78, 5) is 24.4. The molecule has 1 saturated carbocycles. The number of anilines is 2. The van der Waals surface area contributed by atoms with Crippen molar-refractivity contribution in [3.8, 4) is 5.75 Å². The first-order valence-electron chi connectivity index (χ1n) is 11.0. The summed E-state index contributed by atoms with van der Waals surface area (Å²) < 4.78 is 16.4. The quantitative estimate of drug-likeness (QED) is 0.193. The summed E-state index contributed by atoms with van der Waals surface area (Å²) in [7, 11) is 0. The molecule has 0 heterocycles. The van der Waals surface area contributed by atoms with Crippen LogP contribution in [0.25, 0.3) is 6.08 Å². The molecule has 1 fully saturated rings. The average Bonchev–Trinajstić information content (AvgIpc) is 2.83. The van der Waals surface area contributed by atoms with E-state index in [1.54, 1.807) is 54.6 Å². The van der Waals surface area contributed by atoms with Gasteiger partial charge in [0, 0.05) is 23.0 Å². The first-order chi connectivity index (χ1) is 15.9. The van der Waals surface area contributed by atoms with E-state index in [4.69, 9.17) is 25.7 Å². The Balaban J connectivity index is 1.44. The fourth-order valence-corrected chi connectivity index (χ4v) is 3.63. The first-order valence-corrected chi connectivity index (χ1v) is 11.0. The van der Waals surface area contributed by atoms with E-state index >= 15 is 0 Å². The molecule has 0 aromatic heterocycles. The number of esters is 2. The van der Waals surface area contributed by atoms with Gasteiger partial charge in [-0.1, -0.05) is 18.2 Å². The third kappa shape index (κ3) is 7.50. The number of rotatable bonds is 9. The third-order valence-corrected chi connectivity index (χ3v) is 5.50. The van der Waals surface area contributed by atoms with Crippen LogP contribution in [0.2, 0.25) is 0 Å². The molecule has 4 N–H and O–H groups in total. The van der Waals surface area contributed by atoms with E-state index in [1.165, 1.54) is 6.08 Å². The molecule has 0 saturated heterocycles. The van der Waals surface area contributed by atoms with E-state index in [9.17, 15) is 9.59 Å². The number of hydrogen-bond acceptors (Lipinski definition) is 7. The SMILES string of the molecule is C=CCOC1CCC(C(=O)Oc2ccc(/C=C/C(=O)OCc3cc(N)ccc3N)cc2)CC1. The van der Waals surface area contributed by atoms with Crippen LogP contribution in [-0.2, 0) is 25.7 Å². The molecule has 2 aromatic carbocycles. The third-order valence-electron chi connectivity index (χ3n) is 5.50. The van der Waals surface area contributed by atoms with Gasteiger partial charge in [-0.3, -0.25) is 4.79 Å². The number of benzene rings is 2. The van der Waals surface area contributed by atoms with Gasteiger partial charge in [0.1, 0.15) is 12.4 Å². The largest absolute Gasteiger partial charge is 0.458 e. The summed E-state index contributed by atoms with van der Waals surface area (Å²) in [5.41, 5.74) is 14.1. The highest BCUT2D eigenvalue weighted by atomic mass is 16.5. The van der Waals surface area contributed by atoms with Crippen LogP contribution in [0.4, 0.5) is 11.4 Å². The predicted octanol–water partition coefficient (Wildman–Crippen LogP) is 4.27. The molecule has 174 valence electrons. The summed E-state index contributed by atoms with van der Waals surface area (Å²) in [6.45, 7) is 4.23. The molecule has 0 atom stereocenters. The minimum atomic E-state index is -0.500. The summed E-state index contributed by atoms with van der Waals surface area (Å²) in [6.07, 6.45) is 8.08. The average molecular weight is 451 g/mol. The van der Waals surface area contributed by atoms with Crippen LogP contribution in [0, 0.1) is 5.92 Å². The van der Waals surface area contributed by atoms with Gasteiger partial charge in [0.2, 0.25) is 0 Å². The second-order valence-corrected chi connectivity index (χ2v) is 7.99. The molecule has 3 rings (SSSR count). The summed E-state index contributed by atoms with van der Waals surface area (Å²) >= 11 is 0. The van der Waals surface area contributed by atoms with Gasteiger partial charge in [-0.15, -0.1) is 6.58 Å². The van der Waals surface area contributed by atoms with Crippen molar-refractivity contribution < 1.29 is 23.8 Å². The number of hydrogen-bond donors (Lipinski definition) is 2. The molecule has 0 spiro atoms. The van der Waals surface area contributed by atoms with Gasteiger partial charge in [0.05, 0.1) is 18.6 Å². The van der Waals surface area contributed by atoms with Gasteiger partial charge in [-0.05, 0) is 67.7 Å². The second kappa shape index (κ2) is 11.9. The van der Waals surface area contributed by atoms with E-state index in [0.717, 1.165) is 31.2 Å². The van der Waals surface area contributed by atoms with E-state index in [0.29, 0.717) is 29.3 Å². The van der Waals surface area contributed by atoms with Crippen LogP contribution in [0.5, 0.6) is 5.75 Å². The van der Waals surface area contributed by atoms with Crippen molar-refractivity contribution in [1.82, 2.24) is 0 Å². The Morgan fingerprint density at radius 3 is 2.45 bits per heavy atom. The maximum absolute atomic E-state index is 12.5. The Bertz CT molecular complexity index is 992. The summed E-state index contributed by atoms with van der Waals surface area (Å²) in [6, 6.07) is 12.0. The maximum atomic E-state index is 12.5. The lowest BCUT2D eigenvalue weighted by atomic mass is 9.87. The molecule has 0 unspecified atom stereocenters. The summed E-state index contributed by atoms with van der Waals surface area (Å²) in [5.74, 6) is -0.358. The molecule has 0 bridgehead atoms. The van der Waals surface area contributed by atoms with Crippen LogP contribution in [0.15, 0.2) is 61.2 Å².